The molecule has 1 amide bonds. The maximum atomic E-state index is 12.5. The Morgan fingerprint density at radius 3 is 2.15 bits per heavy atom. The van der Waals surface area contributed by atoms with Crippen molar-refractivity contribution < 1.29 is 4.79 Å². The second kappa shape index (κ2) is 6.46. The van der Waals surface area contributed by atoms with Gasteiger partial charge in [0.15, 0.2) is 0 Å². The Bertz CT molecular complexity index is 326. The van der Waals surface area contributed by atoms with E-state index in [1.165, 1.54) is 38.5 Å². The monoisotopic (exact) mass is 280 g/mol. The van der Waals surface area contributed by atoms with Crippen LogP contribution in [0.2, 0.25) is 0 Å². The zero-order chi connectivity index (χ0) is 14.6. The predicted molar refractivity (Wildman–Crippen MR) is 83.4 cm³/mol. The van der Waals surface area contributed by atoms with Crippen LogP contribution in [0.5, 0.6) is 0 Å². The molecule has 20 heavy (non-hydrogen) atoms. The van der Waals surface area contributed by atoms with Gasteiger partial charge in [0.1, 0.15) is 0 Å². The molecule has 2 fully saturated rings. The van der Waals surface area contributed by atoms with Crippen LogP contribution in [-0.2, 0) is 4.79 Å². The van der Waals surface area contributed by atoms with Crippen molar-refractivity contribution in [2.24, 2.45) is 17.1 Å². The van der Waals surface area contributed by atoms with Crippen LogP contribution >= 0.6 is 0 Å². The molecule has 0 radical (unpaired) electrons. The summed E-state index contributed by atoms with van der Waals surface area (Å²) in [7, 11) is 0. The first-order valence-corrected chi connectivity index (χ1v) is 8.53. The number of carbonyl (C=O) groups is 1. The molecule has 0 aromatic rings. The fourth-order valence-electron chi connectivity index (χ4n) is 4.30. The fraction of sp³-hybridized carbons (Fsp3) is 0.941. The molecule has 0 spiro atoms. The summed E-state index contributed by atoms with van der Waals surface area (Å²) in [5, 5.41) is 3.22. The third-order valence-electron chi connectivity index (χ3n) is 5.33. The normalized spacial score (nSPS) is 24.8. The van der Waals surface area contributed by atoms with E-state index in [-0.39, 0.29) is 5.91 Å². The zero-order valence-corrected chi connectivity index (χ0v) is 13.3. The summed E-state index contributed by atoms with van der Waals surface area (Å²) in [6, 6.07) is 0. The average molecular weight is 280 g/mol. The van der Waals surface area contributed by atoms with Gasteiger partial charge < -0.3 is 11.1 Å². The number of amides is 1. The largest absolute Gasteiger partial charge is 0.354 e. The first-order valence-electron chi connectivity index (χ1n) is 8.53. The molecule has 0 aromatic heterocycles. The Kier molecular flexibility index (Phi) is 5.11. The Balaban J connectivity index is 1.90. The lowest BCUT2D eigenvalue weighted by Crippen LogP contribution is -2.56. The van der Waals surface area contributed by atoms with Crippen LogP contribution in [0.3, 0.4) is 0 Å². The highest BCUT2D eigenvalue weighted by Crippen LogP contribution is 2.42. The van der Waals surface area contributed by atoms with Gasteiger partial charge in [-0.15, -0.1) is 0 Å². The van der Waals surface area contributed by atoms with Crippen LogP contribution in [-0.4, -0.2) is 18.0 Å². The molecule has 2 aliphatic rings. The number of carbonyl (C=O) groups excluding carboxylic acids is 1. The lowest BCUT2D eigenvalue weighted by atomic mass is 9.77. The molecule has 2 saturated carbocycles. The lowest BCUT2D eigenvalue weighted by molar-refractivity contribution is -0.128. The van der Waals surface area contributed by atoms with Crippen LogP contribution in [0.4, 0.5) is 0 Å². The van der Waals surface area contributed by atoms with Crippen LogP contribution in [0.1, 0.15) is 78.1 Å². The van der Waals surface area contributed by atoms with E-state index < -0.39 is 5.54 Å². The van der Waals surface area contributed by atoms with Gasteiger partial charge in [-0.2, -0.15) is 0 Å². The predicted octanol–water partition coefficient (Wildman–Crippen LogP) is 3.37. The molecule has 3 N–H and O–H groups in total. The van der Waals surface area contributed by atoms with Crippen molar-refractivity contribution in [3.63, 3.8) is 0 Å². The molecular weight excluding hydrogens is 248 g/mol. The molecule has 0 atom stereocenters. The molecule has 3 nitrogen and oxygen atoms in total. The van der Waals surface area contributed by atoms with Gasteiger partial charge in [0.05, 0.1) is 5.54 Å². The second-order valence-electron chi connectivity index (χ2n) is 7.70. The molecule has 0 bridgehead atoms. The van der Waals surface area contributed by atoms with Gasteiger partial charge in [-0.1, -0.05) is 46.0 Å². The van der Waals surface area contributed by atoms with Crippen molar-refractivity contribution in [1.29, 1.82) is 0 Å². The van der Waals surface area contributed by atoms with Crippen molar-refractivity contribution in [3.8, 4) is 0 Å². The molecule has 0 aliphatic heterocycles. The molecule has 2 aliphatic carbocycles. The number of hydrogen-bond acceptors (Lipinski definition) is 2. The lowest BCUT2D eigenvalue weighted by Gasteiger charge is -2.35. The summed E-state index contributed by atoms with van der Waals surface area (Å²) in [6.45, 7) is 5.41. The standard InChI is InChI=1S/C17H32N2O/c1-14(2)12-16(8-6-7-9-16)13-19-15(20)17(18)10-4-3-5-11-17/h14H,3-13,18H2,1-2H3,(H,19,20). The van der Waals surface area contributed by atoms with Gasteiger partial charge in [0.2, 0.25) is 5.91 Å². The highest BCUT2D eigenvalue weighted by molar-refractivity contribution is 5.86. The molecule has 116 valence electrons. The quantitative estimate of drug-likeness (QED) is 0.811. The minimum absolute atomic E-state index is 0.104. The van der Waals surface area contributed by atoms with Gasteiger partial charge in [-0.3, -0.25) is 4.79 Å². The summed E-state index contributed by atoms with van der Waals surface area (Å²) in [5.74, 6) is 0.804. The van der Waals surface area contributed by atoms with Crippen molar-refractivity contribution in [3.05, 3.63) is 0 Å². The molecule has 0 unspecified atom stereocenters. The molecule has 0 heterocycles. The Hall–Kier alpha value is -0.570. The molecule has 3 heteroatoms. The fourth-order valence-corrected chi connectivity index (χ4v) is 4.30. The first kappa shape index (κ1) is 15.8. The van der Waals surface area contributed by atoms with Gasteiger partial charge in [-0.25, -0.2) is 0 Å². The van der Waals surface area contributed by atoms with Crippen molar-refractivity contribution in [2.45, 2.75) is 83.6 Å². The second-order valence-corrected chi connectivity index (χ2v) is 7.70. The Morgan fingerprint density at radius 1 is 1.05 bits per heavy atom. The minimum atomic E-state index is -0.587. The minimum Gasteiger partial charge on any atom is -0.354 e. The third kappa shape index (κ3) is 3.75. The van der Waals surface area contributed by atoms with Gasteiger partial charge in [0.25, 0.3) is 0 Å². The summed E-state index contributed by atoms with van der Waals surface area (Å²) in [4.78, 5) is 12.5. The summed E-state index contributed by atoms with van der Waals surface area (Å²) in [5.41, 5.74) is 6.07. The van der Waals surface area contributed by atoms with Crippen LogP contribution in [0.25, 0.3) is 0 Å². The zero-order valence-electron chi connectivity index (χ0n) is 13.3. The number of nitrogens with one attached hydrogen (secondary N) is 1. The van der Waals surface area contributed by atoms with Crippen molar-refractivity contribution in [1.82, 2.24) is 5.32 Å². The Labute approximate surface area is 124 Å². The average Bonchev–Trinajstić information content (AvgIpc) is 2.85. The highest BCUT2D eigenvalue weighted by Gasteiger charge is 2.38. The highest BCUT2D eigenvalue weighted by atomic mass is 16.2. The van der Waals surface area contributed by atoms with E-state index in [2.05, 4.69) is 19.2 Å². The van der Waals surface area contributed by atoms with E-state index in [4.69, 9.17) is 5.73 Å². The molecule has 0 aromatic carbocycles. The van der Waals surface area contributed by atoms with Gasteiger partial charge in [0, 0.05) is 6.54 Å². The maximum Gasteiger partial charge on any atom is 0.240 e. The molecular formula is C17H32N2O. The van der Waals surface area contributed by atoms with E-state index in [1.807, 2.05) is 0 Å². The summed E-state index contributed by atoms with van der Waals surface area (Å²) in [6.07, 6.45) is 11.5. The smallest absolute Gasteiger partial charge is 0.240 e. The maximum absolute atomic E-state index is 12.5. The van der Waals surface area contributed by atoms with E-state index in [0.29, 0.717) is 11.3 Å². The number of nitrogens with two attached hydrogens (primary N) is 1. The van der Waals surface area contributed by atoms with Crippen LogP contribution in [0, 0.1) is 11.3 Å². The van der Waals surface area contributed by atoms with Crippen LogP contribution < -0.4 is 11.1 Å². The summed E-state index contributed by atoms with van der Waals surface area (Å²) < 4.78 is 0. The number of rotatable bonds is 5. The van der Waals surface area contributed by atoms with Crippen molar-refractivity contribution in [2.75, 3.05) is 6.54 Å². The molecule has 0 saturated heterocycles. The van der Waals surface area contributed by atoms with Gasteiger partial charge in [-0.05, 0) is 43.4 Å². The molecule has 2 rings (SSSR count). The van der Waals surface area contributed by atoms with Crippen molar-refractivity contribution >= 4 is 5.91 Å². The Morgan fingerprint density at radius 2 is 1.60 bits per heavy atom. The third-order valence-corrected chi connectivity index (χ3v) is 5.33. The van der Waals surface area contributed by atoms with Crippen LogP contribution in [0.15, 0.2) is 0 Å². The van der Waals surface area contributed by atoms with E-state index in [0.717, 1.165) is 32.2 Å². The first-order chi connectivity index (χ1) is 9.46. The SMILES string of the molecule is CC(C)CC1(CNC(=O)C2(N)CCCCC2)CCCC1. The topological polar surface area (TPSA) is 55.1 Å². The number of hydrogen-bond donors (Lipinski definition) is 2. The summed E-state index contributed by atoms with van der Waals surface area (Å²) >= 11 is 0. The van der Waals surface area contributed by atoms with E-state index in [1.54, 1.807) is 0 Å². The van der Waals surface area contributed by atoms with E-state index in [9.17, 15) is 4.79 Å². The van der Waals surface area contributed by atoms with E-state index >= 15 is 0 Å². The van der Waals surface area contributed by atoms with Gasteiger partial charge >= 0.3 is 0 Å².